The minimum atomic E-state index is -0.621. The summed E-state index contributed by atoms with van der Waals surface area (Å²) < 4.78 is 16.1. The van der Waals surface area contributed by atoms with Crippen LogP contribution in [-0.4, -0.2) is 30.3 Å². The highest BCUT2D eigenvalue weighted by molar-refractivity contribution is 6.40. The SMILES string of the molecule is CCOCOC(=O)c1ccc(C(=O)Nc2c(Cl)cncc2Cl)c2c1oc1ccccc12. The summed E-state index contributed by atoms with van der Waals surface area (Å²) in [4.78, 5) is 29.6. The zero-order chi connectivity index (χ0) is 22.0. The molecule has 1 amide bonds. The first-order valence-corrected chi connectivity index (χ1v) is 10.1. The van der Waals surface area contributed by atoms with Crippen LogP contribution in [0, 0.1) is 0 Å². The number of anilines is 1. The van der Waals surface area contributed by atoms with Crippen molar-refractivity contribution >= 4 is 62.7 Å². The number of hydrogen-bond donors (Lipinski definition) is 1. The van der Waals surface area contributed by atoms with Crippen molar-refractivity contribution < 1.29 is 23.5 Å². The van der Waals surface area contributed by atoms with E-state index in [1.165, 1.54) is 24.5 Å². The Bertz CT molecular complexity index is 1280. The quantitative estimate of drug-likeness (QED) is 0.226. The molecule has 0 radical (unpaired) electrons. The fraction of sp³-hybridized carbons (Fsp3) is 0.136. The maximum Gasteiger partial charge on any atom is 0.344 e. The number of fused-ring (bicyclic) bond motifs is 3. The molecule has 0 atom stereocenters. The Labute approximate surface area is 186 Å². The second kappa shape index (κ2) is 8.93. The number of halogens is 2. The molecule has 4 aromatic rings. The molecule has 0 unspecified atom stereocenters. The predicted octanol–water partition coefficient (Wildman–Crippen LogP) is 5.69. The van der Waals surface area contributed by atoms with Gasteiger partial charge in [0.2, 0.25) is 0 Å². The maximum atomic E-state index is 13.1. The van der Waals surface area contributed by atoms with E-state index in [4.69, 9.17) is 37.1 Å². The normalized spacial score (nSPS) is 11.1. The Morgan fingerprint density at radius 3 is 2.52 bits per heavy atom. The molecule has 4 rings (SSSR count). The number of aromatic nitrogens is 1. The Balaban J connectivity index is 1.82. The molecule has 2 heterocycles. The standard InChI is InChI=1S/C22H16Cl2N2O5/c1-2-29-11-30-22(28)14-8-7-13(18-12-5-3-4-6-17(12)31-20(14)18)21(27)26-19-15(23)9-25-10-16(19)24/h3-10H,2,11H2,1H3,(H,25,26,27). The van der Waals surface area contributed by atoms with Crippen LogP contribution < -0.4 is 5.32 Å². The van der Waals surface area contributed by atoms with E-state index in [-0.39, 0.29) is 39.2 Å². The smallest absolute Gasteiger partial charge is 0.344 e. The third-order valence-electron chi connectivity index (χ3n) is 4.56. The number of benzene rings is 2. The van der Waals surface area contributed by atoms with Gasteiger partial charge in [-0.1, -0.05) is 41.4 Å². The van der Waals surface area contributed by atoms with Crippen molar-refractivity contribution in [3.05, 3.63) is 70.0 Å². The first-order valence-electron chi connectivity index (χ1n) is 9.30. The highest BCUT2D eigenvalue weighted by Crippen LogP contribution is 2.35. The molecule has 0 spiro atoms. The number of furan rings is 1. The molecule has 0 fully saturated rings. The average molecular weight is 459 g/mol. The number of pyridine rings is 1. The summed E-state index contributed by atoms with van der Waals surface area (Å²) in [6.45, 7) is 2.02. The van der Waals surface area contributed by atoms with Crippen LogP contribution in [0.4, 0.5) is 5.69 Å². The molecular formula is C22H16Cl2N2O5. The van der Waals surface area contributed by atoms with Crippen molar-refractivity contribution in [2.24, 2.45) is 0 Å². The van der Waals surface area contributed by atoms with Gasteiger partial charge in [0.15, 0.2) is 12.4 Å². The summed E-state index contributed by atoms with van der Waals surface area (Å²) in [5.74, 6) is -1.09. The lowest BCUT2D eigenvalue weighted by atomic mass is 10.0. The minimum absolute atomic E-state index is 0.182. The van der Waals surface area contributed by atoms with Crippen LogP contribution in [0.2, 0.25) is 10.0 Å². The minimum Gasteiger partial charge on any atom is -0.455 e. The van der Waals surface area contributed by atoms with E-state index in [1.807, 2.05) is 6.07 Å². The Hall–Kier alpha value is -3.13. The van der Waals surface area contributed by atoms with Gasteiger partial charge in [-0.25, -0.2) is 4.79 Å². The van der Waals surface area contributed by atoms with Gasteiger partial charge in [0, 0.05) is 29.8 Å². The molecule has 7 nitrogen and oxygen atoms in total. The zero-order valence-corrected chi connectivity index (χ0v) is 17.8. The highest BCUT2D eigenvalue weighted by atomic mass is 35.5. The number of rotatable bonds is 6. The van der Waals surface area contributed by atoms with E-state index in [9.17, 15) is 9.59 Å². The molecule has 2 aromatic heterocycles. The molecule has 0 saturated carbocycles. The first kappa shape index (κ1) is 21.1. The second-order valence-corrected chi connectivity index (χ2v) is 7.25. The van der Waals surface area contributed by atoms with Crippen LogP contribution in [0.25, 0.3) is 21.9 Å². The molecule has 0 aliphatic carbocycles. The molecule has 0 aliphatic rings. The van der Waals surface area contributed by atoms with Gasteiger partial charge in [-0.3, -0.25) is 9.78 Å². The summed E-state index contributed by atoms with van der Waals surface area (Å²) in [7, 11) is 0. The van der Waals surface area contributed by atoms with Gasteiger partial charge in [0.1, 0.15) is 11.1 Å². The second-order valence-electron chi connectivity index (χ2n) is 6.44. The van der Waals surface area contributed by atoms with Crippen LogP contribution in [0.1, 0.15) is 27.6 Å². The molecular weight excluding hydrogens is 443 g/mol. The van der Waals surface area contributed by atoms with Gasteiger partial charge in [-0.15, -0.1) is 0 Å². The molecule has 1 N–H and O–H groups in total. The van der Waals surface area contributed by atoms with Gasteiger partial charge in [-0.2, -0.15) is 0 Å². The number of para-hydroxylation sites is 1. The molecule has 31 heavy (non-hydrogen) atoms. The van der Waals surface area contributed by atoms with Gasteiger partial charge in [-0.05, 0) is 25.1 Å². The summed E-state index contributed by atoms with van der Waals surface area (Å²) in [5, 5.41) is 4.26. The van der Waals surface area contributed by atoms with E-state index >= 15 is 0 Å². The first-order chi connectivity index (χ1) is 15.0. The van der Waals surface area contributed by atoms with Crippen LogP contribution in [0.5, 0.6) is 0 Å². The van der Waals surface area contributed by atoms with Crippen LogP contribution in [0.3, 0.4) is 0 Å². The third-order valence-corrected chi connectivity index (χ3v) is 5.13. The van der Waals surface area contributed by atoms with E-state index in [2.05, 4.69) is 10.3 Å². The maximum absolute atomic E-state index is 13.1. The fourth-order valence-electron chi connectivity index (χ4n) is 3.15. The van der Waals surface area contributed by atoms with Crippen molar-refractivity contribution in [2.75, 3.05) is 18.7 Å². The number of carbonyl (C=O) groups excluding carboxylic acids is 2. The molecule has 0 saturated heterocycles. The van der Waals surface area contributed by atoms with Gasteiger partial charge < -0.3 is 19.2 Å². The van der Waals surface area contributed by atoms with Gasteiger partial charge >= 0.3 is 5.97 Å². The van der Waals surface area contributed by atoms with E-state index in [0.29, 0.717) is 23.0 Å². The van der Waals surface area contributed by atoms with Crippen molar-refractivity contribution in [1.29, 1.82) is 0 Å². The van der Waals surface area contributed by atoms with Crippen molar-refractivity contribution in [2.45, 2.75) is 6.92 Å². The lowest BCUT2D eigenvalue weighted by Crippen LogP contribution is -2.14. The van der Waals surface area contributed by atoms with Crippen molar-refractivity contribution in [3.63, 3.8) is 0 Å². The average Bonchev–Trinajstić information content (AvgIpc) is 3.15. The van der Waals surface area contributed by atoms with Crippen LogP contribution in [0.15, 0.2) is 53.2 Å². The molecule has 2 aromatic carbocycles. The summed E-state index contributed by atoms with van der Waals surface area (Å²) in [5.41, 5.74) is 1.47. The van der Waals surface area contributed by atoms with Gasteiger partial charge in [0.25, 0.3) is 5.91 Å². The Kier molecular flexibility index (Phi) is 6.08. The number of hydrogen-bond acceptors (Lipinski definition) is 6. The Morgan fingerprint density at radius 1 is 1.06 bits per heavy atom. The number of nitrogens with zero attached hydrogens (tertiary/aromatic N) is 1. The summed E-state index contributed by atoms with van der Waals surface area (Å²) in [6, 6.07) is 10.2. The summed E-state index contributed by atoms with van der Waals surface area (Å²) >= 11 is 12.3. The largest absolute Gasteiger partial charge is 0.455 e. The third kappa shape index (κ3) is 4.07. The fourth-order valence-corrected chi connectivity index (χ4v) is 3.61. The predicted molar refractivity (Wildman–Crippen MR) is 118 cm³/mol. The number of esters is 1. The van der Waals surface area contributed by atoms with Crippen molar-refractivity contribution in [1.82, 2.24) is 4.98 Å². The number of amides is 1. The number of ether oxygens (including phenoxy) is 2. The highest BCUT2D eigenvalue weighted by Gasteiger charge is 2.23. The van der Waals surface area contributed by atoms with E-state index < -0.39 is 11.9 Å². The topological polar surface area (TPSA) is 90.7 Å². The lowest BCUT2D eigenvalue weighted by molar-refractivity contribution is -0.0273. The zero-order valence-electron chi connectivity index (χ0n) is 16.3. The van der Waals surface area contributed by atoms with Gasteiger partial charge in [0.05, 0.1) is 21.3 Å². The van der Waals surface area contributed by atoms with Crippen LogP contribution >= 0.6 is 23.2 Å². The molecule has 0 aliphatic heterocycles. The molecule has 9 heteroatoms. The van der Waals surface area contributed by atoms with E-state index in [0.717, 1.165) is 0 Å². The Morgan fingerprint density at radius 2 is 1.77 bits per heavy atom. The number of carbonyl (C=O) groups is 2. The lowest BCUT2D eigenvalue weighted by Gasteiger charge is -2.11. The van der Waals surface area contributed by atoms with E-state index in [1.54, 1.807) is 25.1 Å². The van der Waals surface area contributed by atoms with Crippen molar-refractivity contribution in [3.8, 4) is 0 Å². The number of nitrogens with one attached hydrogen (secondary N) is 1. The summed E-state index contributed by atoms with van der Waals surface area (Å²) in [6.07, 6.45) is 2.76. The molecule has 0 bridgehead atoms. The monoisotopic (exact) mass is 458 g/mol. The molecule has 158 valence electrons. The van der Waals surface area contributed by atoms with Crippen LogP contribution in [-0.2, 0) is 9.47 Å².